The van der Waals surface area contributed by atoms with E-state index in [-0.39, 0.29) is 11.9 Å². The monoisotopic (exact) mass is 367 g/mol. The number of hydrogen-bond donors (Lipinski definition) is 1. The van der Waals surface area contributed by atoms with E-state index in [1.807, 2.05) is 25.1 Å². The molecule has 1 N–H and O–H groups in total. The van der Waals surface area contributed by atoms with Crippen LogP contribution in [-0.4, -0.2) is 14.2 Å². The Kier molecular flexibility index (Phi) is 5.80. The summed E-state index contributed by atoms with van der Waals surface area (Å²) in [6.45, 7) is 2.64. The van der Waals surface area contributed by atoms with E-state index in [1.165, 1.54) is 12.1 Å². The molecule has 0 spiro atoms. The first-order valence-electron chi connectivity index (χ1n) is 6.94. The van der Waals surface area contributed by atoms with Crippen LogP contribution in [0.2, 0.25) is 0 Å². The lowest BCUT2D eigenvalue weighted by molar-refractivity contribution is 0.399. The Labute approximate surface area is 138 Å². The highest BCUT2D eigenvalue weighted by atomic mass is 79.9. The van der Waals surface area contributed by atoms with E-state index in [9.17, 15) is 4.39 Å². The second kappa shape index (κ2) is 7.61. The molecule has 1 atom stereocenters. The molecule has 2 aromatic rings. The number of halogens is 2. The van der Waals surface area contributed by atoms with Crippen LogP contribution in [-0.2, 0) is 6.54 Å². The first kappa shape index (κ1) is 16.8. The summed E-state index contributed by atoms with van der Waals surface area (Å²) < 4.78 is 24.9. The van der Waals surface area contributed by atoms with E-state index in [0.717, 1.165) is 21.3 Å². The van der Waals surface area contributed by atoms with Gasteiger partial charge in [0.25, 0.3) is 0 Å². The number of rotatable bonds is 6. The van der Waals surface area contributed by atoms with Crippen LogP contribution in [0, 0.1) is 5.82 Å². The molecule has 0 aliphatic heterocycles. The van der Waals surface area contributed by atoms with Crippen LogP contribution in [0.25, 0.3) is 0 Å². The molecule has 0 radical (unpaired) electrons. The number of nitrogens with one attached hydrogen (secondary N) is 1. The number of benzene rings is 2. The molecule has 0 aromatic heterocycles. The molecular weight excluding hydrogens is 349 g/mol. The first-order chi connectivity index (χ1) is 10.5. The largest absolute Gasteiger partial charge is 0.496 e. The van der Waals surface area contributed by atoms with Gasteiger partial charge in [0.05, 0.1) is 18.7 Å². The SMILES string of the molecule is COc1ccc(CNC(C)c2cc(F)ccc2OC)cc1Br. The molecule has 0 saturated heterocycles. The summed E-state index contributed by atoms with van der Waals surface area (Å²) in [7, 11) is 3.22. The molecular formula is C17H19BrFNO2. The van der Waals surface area contributed by atoms with Gasteiger partial charge >= 0.3 is 0 Å². The number of ether oxygens (including phenoxy) is 2. The van der Waals surface area contributed by atoms with Crippen molar-refractivity contribution in [3.8, 4) is 11.5 Å². The van der Waals surface area contributed by atoms with Crippen LogP contribution in [0.1, 0.15) is 24.1 Å². The Hall–Kier alpha value is -1.59. The molecule has 1 unspecified atom stereocenters. The lowest BCUT2D eigenvalue weighted by atomic mass is 10.1. The molecule has 2 rings (SSSR count). The topological polar surface area (TPSA) is 30.5 Å². The quantitative estimate of drug-likeness (QED) is 0.817. The summed E-state index contributed by atoms with van der Waals surface area (Å²) in [4.78, 5) is 0. The summed E-state index contributed by atoms with van der Waals surface area (Å²) >= 11 is 3.47. The van der Waals surface area contributed by atoms with Crippen LogP contribution in [0.4, 0.5) is 4.39 Å². The molecule has 0 aliphatic carbocycles. The summed E-state index contributed by atoms with van der Waals surface area (Å²) in [5.74, 6) is 1.21. The molecule has 3 nitrogen and oxygen atoms in total. The predicted molar refractivity (Wildman–Crippen MR) is 88.9 cm³/mol. The van der Waals surface area contributed by atoms with Crippen LogP contribution < -0.4 is 14.8 Å². The fraction of sp³-hybridized carbons (Fsp3) is 0.294. The van der Waals surface area contributed by atoms with Crippen molar-refractivity contribution in [3.05, 3.63) is 57.8 Å². The number of hydrogen-bond acceptors (Lipinski definition) is 3. The summed E-state index contributed by atoms with van der Waals surface area (Å²) in [5.41, 5.74) is 1.91. The van der Waals surface area contributed by atoms with Gasteiger partial charge in [0, 0.05) is 18.2 Å². The van der Waals surface area contributed by atoms with Crippen molar-refractivity contribution in [1.82, 2.24) is 5.32 Å². The third-order valence-corrected chi connectivity index (χ3v) is 4.11. The zero-order valence-corrected chi connectivity index (χ0v) is 14.4. The minimum atomic E-state index is -0.267. The smallest absolute Gasteiger partial charge is 0.133 e. The van der Waals surface area contributed by atoms with E-state index in [2.05, 4.69) is 21.2 Å². The first-order valence-corrected chi connectivity index (χ1v) is 7.73. The van der Waals surface area contributed by atoms with Crippen molar-refractivity contribution in [2.75, 3.05) is 14.2 Å². The maximum absolute atomic E-state index is 13.4. The van der Waals surface area contributed by atoms with Gasteiger partial charge in [-0.2, -0.15) is 0 Å². The summed E-state index contributed by atoms with van der Waals surface area (Å²) in [6, 6.07) is 10.4. The van der Waals surface area contributed by atoms with Crippen molar-refractivity contribution in [2.24, 2.45) is 0 Å². The van der Waals surface area contributed by atoms with Crippen molar-refractivity contribution >= 4 is 15.9 Å². The van der Waals surface area contributed by atoms with Gasteiger partial charge in [-0.1, -0.05) is 6.07 Å². The van der Waals surface area contributed by atoms with E-state index < -0.39 is 0 Å². The average molecular weight is 368 g/mol. The Morgan fingerprint density at radius 2 is 1.77 bits per heavy atom. The van der Waals surface area contributed by atoms with E-state index in [0.29, 0.717) is 12.3 Å². The second-order valence-corrected chi connectivity index (χ2v) is 5.81. The van der Waals surface area contributed by atoms with Crippen molar-refractivity contribution in [3.63, 3.8) is 0 Å². The molecule has 0 bridgehead atoms. The summed E-state index contributed by atoms with van der Waals surface area (Å²) in [6.07, 6.45) is 0. The van der Waals surface area contributed by atoms with E-state index >= 15 is 0 Å². The normalized spacial score (nSPS) is 12.0. The van der Waals surface area contributed by atoms with Gasteiger partial charge in [0.1, 0.15) is 17.3 Å². The highest BCUT2D eigenvalue weighted by Gasteiger charge is 2.12. The molecule has 0 amide bonds. The van der Waals surface area contributed by atoms with E-state index in [4.69, 9.17) is 9.47 Å². The predicted octanol–water partition coefficient (Wildman–Crippen LogP) is 4.46. The van der Waals surface area contributed by atoms with Crippen LogP contribution >= 0.6 is 15.9 Å². The summed E-state index contributed by atoms with van der Waals surface area (Å²) in [5, 5.41) is 3.37. The molecule has 2 aromatic carbocycles. The van der Waals surface area contributed by atoms with Gasteiger partial charge in [-0.15, -0.1) is 0 Å². The highest BCUT2D eigenvalue weighted by Crippen LogP contribution is 2.28. The van der Waals surface area contributed by atoms with Crippen molar-refractivity contribution in [1.29, 1.82) is 0 Å². The third-order valence-electron chi connectivity index (χ3n) is 3.49. The van der Waals surface area contributed by atoms with Gasteiger partial charge in [0.2, 0.25) is 0 Å². The van der Waals surface area contributed by atoms with Crippen LogP contribution in [0.5, 0.6) is 11.5 Å². The second-order valence-electron chi connectivity index (χ2n) is 4.96. The molecule has 22 heavy (non-hydrogen) atoms. The highest BCUT2D eigenvalue weighted by molar-refractivity contribution is 9.10. The zero-order chi connectivity index (χ0) is 16.1. The minimum absolute atomic E-state index is 0.0356. The van der Waals surface area contributed by atoms with Gasteiger partial charge in [-0.05, 0) is 58.7 Å². The van der Waals surface area contributed by atoms with Crippen LogP contribution in [0.3, 0.4) is 0 Å². The maximum Gasteiger partial charge on any atom is 0.133 e. The molecule has 0 saturated carbocycles. The minimum Gasteiger partial charge on any atom is -0.496 e. The molecule has 5 heteroatoms. The van der Waals surface area contributed by atoms with Gasteiger partial charge in [0.15, 0.2) is 0 Å². The van der Waals surface area contributed by atoms with Crippen molar-refractivity contribution in [2.45, 2.75) is 19.5 Å². The fourth-order valence-electron chi connectivity index (χ4n) is 2.24. The van der Waals surface area contributed by atoms with Gasteiger partial charge in [-0.3, -0.25) is 0 Å². The molecule has 0 heterocycles. The average Bonchev–Trinajstić information content (AvgIpc) is 2.52. The lowest BCUT2D eigenvalue weighted by Gasteiger charge is -2.18. The molecule has 118 valence electrons. The Balaban J connectivity index is 2.08. The Morgan fingerprint density at radius 1 is 1.09 bits per heavy atom. The molecule has 0 fully saturated rings. The Bertz CT molecular complexity index is 649. The maximum atomic E-state index is 13.4. The van der Waals surface area contributed by atoms with Crippen molar-refractivity contribution < 1.29 is 13.9 Å². The van der Waals surface area contributed by atoms with Gasteiger partial charge < -0.3 is 14.8 Å². The Morgan fingerprint density at radius 3 is 2.41 bits per heavy atom. The van der Waals surface area contributed by atoms with E-state index in [1.54, 1.807) is 20.3 Å². The third kappa shape index (κ3) is 3.99. The zero-order valence-electron chi connectivity index (χ0n) is 12.8. The number of methoxy groups -OCH3 is 2. The van der Waals surface area contributed by atoms with Gasteiger partial charge in [-0.25, -0.2) is 4.39 Å². The molecule has 0 aliphatic rings. The van der Waals surface area contributed by atoms with Crippen LogP contribution in [0.15, 0.2) is 40.9 Å². The standard InChI is InChI=1S/C17H19BrFNO2/c1-11(14-9-13(19)5-7-16(14)21-2)20-10-12-4-6-17(22-3)15(18)8-12/h4-9,11,20H,10H2,1-3H3. The lowest BCUT2D eigenvalue weighted by Crippen LogP contribution is -2.19. The fourth-order valence-corrected chi connectivity index (χ4v) is 2.83.